The van der Waals surface area contributed by atoms with E-state index in [1.807, 2.05) is 0 Å². The third-order valence-electron chi connectivity index (χ3n) is 1.86. The summed E-state index contributed by atoms with van der Waals surface area (Å²) in [7, 11) is 0. The first-order valence-corrected chi connectivity index (χ1v) is 7.41. The second-order valence-electron chi connectivity index (χ2n) is 3.16. The predicted molar refractivity (Wildman–Crippen MR) is 75.7 cm³/mol. The summed E-state index contributed by atoms with van der Waals surface area (Å²) >= 11 is 14.4. The largest absolute Gasteiger partial charge is 0.300 e. The van der Waals surface area contributed by atoms with Crippen LogP contribution in [-0.2, 0) is 4.79 Å². The molecule has 0 bridgehead atoms. The predicted octanol–water partition coefficient (Wildman–Crippen LogP) is 3.58. The number of aromatic nitrogens is 2. The molecule has 0 unspecified atom stereocenters. The monoisotopic (exact) mass is 319 g/mol. The number of rotatable bonds is 4. The number of halogens is 2. The van der Waals surface area contributed by atoms with E-state index in [2.05, 4.69) is 15.5 Å². The molecule has 1 amide bonds. The number of nitrogens with zero attached hydrogens (tertiary/aromatic N) is 2. The van der Waals surface area contributed by atoms with Crippen molar-refractivity contribution < 1.29 is 4.79 Å². The van der Waals surface area contributed by atoms with E-state index in [0.717, 1.165) is 4.90 Å². The fourth-order valence-electron chi connectivity index (χ4n) is 1.11. The maximum atomic E-state index is 11.6. The normalized spacial score (nSPS) is 10.3. The van der Waals surface area contributed by atoms with Crippen LogP contribution < -0.4 is 5.32 Å². The van der Waals surface area contributed by atoms with Crippen molar-refractivity contribution in [1.82, 2.24) is 10.2 Å². The first-order chi connectivity index (χ1) is 8.65. The molecule has 0 spiro atoms. The number of hydrogen-bond acceptors (Lipinski definition) is 5. The highest BCUT2D eigenvalue weighted by atomic mass is 35.5. The van der Waals surface area contributed by atoms with E-state index in [1.54, 1.807) is 23.7 Å². The van der Waals surface area contributed by atoms with Gasteiger partial charge in [0.25, 0.3) is 0 Å². The summed E-state index contributed by atoms with van der Waals surface area (Å²) in [5.74, 6) is 0.0763. The van der Waals surface area contributed by atoms with Crippen molar-refractivity contribution in [2.24, 2.45) is 0 Å². The Morgan fingerprint density at radius 2 is 2.28 bits per heavy atom. The summed E-state index contributed by atoms with van der Waals surface area (Å²) in [6.07, 6.45) is 0. The molecule has 18 heavy (non-hydrogen) atoms. The molecule has 1 aromatic heterocycles. The number of carbonyl (C=O) groups is 1. The van der Waals surface area contributed by atoms with Crippen LogP contribution in [-0.4, -0.2) is 21.9 Å². The van der Waals surface area contributed by atoms with Gasteiger partial charge < -0.3 is 0 Å². The summed E-state index contributed by atoms with van der Waals surface area (Å²) in [5, 5.41) is 11.6. The molecule has 8 heteroatoms. The van der Waals surface area contributed by atoms with Crippen LogP contribution in [0.3, 0.4) is 0 Å². The third kappa shape index (κ3) is 3.84. The maximum absolute atomic E-state index is 11.6. The Bertz CT molecular complexity index is 548. The number of benzene rings is 1. The smallest absolute Gasteiger partial charge is 0.236 e. The van der Waals surface area contributed by atoms with Crippen LogP contribution in [0.2, 0.25) is 10.0 Å². The van der Waals surface area contributed by atoms with Crippen LogP contribution in [0.4, 0.5) is 5.13 Å². The van der Waals surface area contributed by atoms with Gasteiger partial charge in [-0.15, -0.1) is 22.0 Å². The van der Waals surface area contributed by atoms with Gasteiger partial charge in [0.05, 0.1) is 10.8 Å². The van der Waals surface area contributed by atoms with Crippen molar-refractivity contribution >= 4 is 57.3 Å². The third-order valence-corrected chi connectivity index (χ3v) is 4.20. The first-order valence-electron chi connectivity index (χ1n) is 4.79. The van der Waals surface area contributed by atoms with Gasteiger partial charge in [0.1, 0.15) is 5.51 Å². The zero-order chi connectivity index (χ0) is 13.0. The molecule has 94 valence electrons. The Kier molecular flexibility index (Phi) is 4.82. The fraction of sp³-hybridized carbons (Fsp3) is 0.100. The zero-order valence-corrected chi connectivity index (χ0v) is 12.0. The standard InChI is InChI=1S/C10H7Cl2N3OS2/c11-6-1-2-7(12)8(3-6)17-4-9(16)14-10-15-13-5-18-10/h1-3,5H,4H2,(H,14,15,16). The highest BCUT2D eigenvalue weighted by Crippen LogP contribution is 2.29. The molecule has 0 aliphatic rings. The molecule has 2 rings (SSSR count). The number of nitrogens with one attached hydrogen (secondary N) is 1. The van der Waals surface area contributed by atoms with Gasteiger partial charge in [0, 0.05) is 9.92 Å². The summed E-state index contributed by atoms with van der Waals surface area (Å²) < 4.78 is 0. The van der Waals surface area contributed by atoms with Crippen molar-refractivity contribution in [3.8, 4) is 0 Å². The van der Waals surface area contributed by atoms with Crippen LogP contribution in [0.5, 0.6) is 0 Å². The molecule has 0 saturated heterocycles. The van der Waals surface area contributed by atoms with E-state index in [-0.39, 0.29) is 11.7 Å². The molecule has 4 nitrogen and oxygen atoms in total. The second kappa shape index (κ2) is 6.38. The Morgan fingerprint density at radius 1 is 1.44 bits per heavy atom. The van der Waals surface area contributed by atoms with E-state index in [1.165, 1.54) is 23.1 Å². The quantitative estimate of drug-likeness (QED) is 0.875. The molecule has 1 aromatic carbocycles. The average molecular weight is 320 g/mol. The van der Waals surface area contributed by atoms with Gasteiger partial charge in [0.15, 0.2) is 0 Å². The molecule has 1 heterocycles. The lowest BCUT2D eigenvalue weighted by molar-refractivity contribution is -0.113. The van der Waals surface area contributed by atoms with E-state index >= 15 is 0 Å². The molecule has 2 aromatic rings. The number of carbonyl (C=O) groups excluding carboxylic acids is 1. The highest BCUT2D eigenvalue weighted by Gasteiger charge is 2.08. The summed E-state index contributed by atoms with van der Waals surface area (Å²) in [5.41, 5.74) is 1.55. The van der Waals surface area contributed by atoms with Crippen molar-refractivity contribution in [3.63, 3.8) is 0 Å². The number of anilines is 1. The van der Waals surface area contributed by atoms with Gasteiger partial charge in [-0.3, -0.25) is 10.1 Å². The molecule has 0 fully saturated rings. The van der Waals surface area contributed by atoms with Crippen LogP contribution in [0.15, 0.2) is 28.6 Å². The first kappa shape index (κ1) is 13.6. The Hall–Kier alpha value is -0.820. The highest BCUT2D eigenvalue weighted by molar-refractivity contribution is 8.00. The molecule has 0 radical (unpaired) electrons. The summed E-state index contributed by atoms with van der Waals surface area (Å²) in [4.78, 5) is 12.4. The van der Waals surface area contributed by atoms with E-state index in [0.29, 0.717) is 15.2 Å². The minimum absolute atomic E-state index is 0.159. The minimum Gasteiger partial charge on any atom is -0.300 e. The van der Waals surface area contributed by atoms with Crippen LogP contribution >= 0.6 is 46.3 Å². The van der Waals surface area contributed by atoms with Gasteiger partial charge in [0.2, 0.25) is 11.0 Å². The van der Waals surface area contributed by atoms with E-state index in [4.69, 9.17) is 23.2 Å². The fourth-order valence-corrected chi connectivity index (χ4v) is 2.87. The van der Waals surface area contributed by atoms with Gasteiger partial charge >= 0.3 is 0 Å². The van der Waals surface area contributed by atoms with Crippen LogP contribution in [0, 0.1) is 0 Å². The number of amides is 1. The van der Waals surface area contributed by atoms with Crippen molar-refractivity contribution in [3.05, 3.63) is 33.8 Å². The van der Waals surface area contributed by atoms with Gasteiger partial charge in [-0.2, -0.15) is 0 Å². The molecular formula is C10H7Cl2N3OS2. The lowest BCUT2D eigenvalue weighted by Crippen LogP contribution is -2.13. The van der Waals surface area contributed by atoms with Crippen molar-refractivity contribution in [2.75, 3.05) is 11.1 Å². The average Bonchev–Trinajstić information content (AvgIpc) is 2.83. The van der Waals surface area contributed by atoms with E-state index < -0.39 is 0 Å². The lowest BCUT2D eigenvalue weighted by Gasteiger charge is -2.04. The SMILES string of the molecule is O=C(CSc1cc(Cl)ccc1Cl)Nc1nncs1. The topological polar surface area (TPSA) is 54.9 Å². The molecule has 0 aliphatic heterocycles. The van der Waals surface area contributed by atoms with Gasteiger partial charge in [-0.05, 0) is 18.2 Å². The Balaban J connectivity index is 1.91. The minimum atomic E-state index is -0.159. The van der Waals surface area contributed by atoms with Gasteiger partial charge in [-0.25, -0.2) is 0 Å². The molecule has 0 saturated carbocycles. The summed E-state index contributed by atoms with van der Waals surface area (Å²) in [6.45, 7) is 0. The molecule has 1 N–H and O–H groups in total. The van der Waals surface area contributed by atoms with Crippen LogP contribution in [0.1, 0.15) is 0 Å². The zero-order valence-electron chi connectivity index (χ0n) is 8.89. The number of thioether (sulfide) groups is 1. The second-order valence-corrected chi connectivity index (χ2v) is 5.85. The Morgan fingerprint density at radius 3 is 3.00 bits per heavy atom. The van der Waals surface area contributed by atoms with Crippen molar-refractivity contribution in [1.29, 1.82) is 0 Å². The maximum Gasteiger partial charge on any atom is 0.236 e. The summed E-state index contributed by atoms with van der Waals surface area (Å²) in [6, 6.07) is 5.14. The van der Waals surface area contributed by atoms with Gasteiger partial charge in [-0.1, -0.05) is 34.5 Å². The lowest BCUT2D eigenvalue weighted by atomic mass is 10.4. The van der Waals surface area contributed by atoms with Crippen molar-refractivity contribution in [2.45, 2.75) is 4.90 Å². The van der Waals surface area contributed by atoms with Crippen LogP contribution in [0.25, 0.3) is 0 Å². The molecule has 0 atom stereocenters. The molecular weight excluding hydrogens is 313 g/mol. The van der Waals surface area contributed by atoms with E-state index in [9.17, 15) is 4.79 Å². The Labute approximate surface area is 122 Å². The molecule has 0 aliphatic carbocycles. The number of hydrogen-bond donors (Lipinski definition) is 1.